The van der Waals surface area contributed by atoms with Crippen LogP contribution < -0.4 is 10.1 Å². The van der Waals surface area contributed by atoms with Crippen molar-refractivity contribution >= 4 is 5.91 Å². The number of amides is 1. The first-order valence-corrected chi connectivity index (χ1v) is 5.64. The van der Waals surface area contributed by atoms with Crippen molar-refractivity contribution in [1.29, 1.82) is 0 Å². The predicted octanol–water partition coefficient (Wildman–Crippen LogP) is 2.43. The fourth-order valence-electron chi connectivity index (χ4n) is 1.36. The van der Waals surface area contributed by atoms with Gasteiger partial charge < -0.3 is 10.1 Å². The standard InChI is InChI=1S/C13H18FNO2/c1-8(2)15-13(16)10(4)17-11-7-5-6-9(3)12(11)14/h5-8,10H,1-4H3,(H,15,16). The van der Waals surface area contributed by atoms with Crippen molar-refractivity contribution in [2.24, 2.45) is 0 Å². The Morgan fingerprint density at radius 1 is 1.35 bits per heavy atom. The Morgan fingerprint density at radius 3 is 2.59 bits per heavy atom. The second-order valence-corrected chi connectivity index (χ2v) is 4.31. The zero-order chi connectivity index (χ0) is 13.0. The average molecular weight is 239 g/mol. The fraction of sp³-hybridized carbons (Fsp3) is 0.462. The molecule has 1 unspecified atom stereocenters. The minimum Gasteiger partial charge on any atom is -0.478 e. The topological polar surface area (TPSA) is 38.3 Å². The normalized spacial score (nSPS) is 12.4. The molecule has 0 aromatic heterocycles. The number of hydrogen-bond acceptors (Lipinski definition) is 2. The minimum atomic E-state index is -0.714. The van der Waals surface area contributed by atoms with Crippen molar-refractivity contribution in [3.05, 3.63) is 29.6 Å². The van der Waals surface area contributed by atoms with Crippen molar-refractivity contribution in [1.82, 2.24) is 5.32 Å². The van der Waals surface area contributed by atoms with E-state index in [1.165, 1.54) is 6.07 Å². The van der Waals surface area contributed by atoms with Gasteiger partial charge in [-0.25, -0.2) is 4.39 Å². The van der Waals surface area contributed by atoms with Gasteiger partial charge in [-0.05, 0) is 39.3 Å². The average Bonchev–Trinajstić information content (AvgIpc) is 2.23. The molecular formula is C13H18FNO2. The van der Waals surface area contributed by atoms with Crippen LogP contribution in [0.15, 0.2) is 18.2 Å². The highest BCUT2D eigenvalue weighted by Crippen LogP contribution is 2.20. The maximum atomic E-state index is 13.6. The molecule has 1 rings (SSSR count). The maximum Gasteiger partial charge on any atom is 0.260 e. The van der Waals surface area contributed by atoms with Gasteiger partial charge in [-0.2, -0.15) is 0 Å². The molecule has 17 heavy (non-hydrogen) atoms. The molecule has 1 atom stereocenters. The maximum absolute atomic E-state index is 13.6. The van der Waals surface area contributed by atoms with E-state index in [1.54, 1.807) is 26.0 Å². The monoisotopic (exact) mass is 239 g/mol. The second-order valence-electron chi connectivity index (χ2n) is 4.31. The number of nitrogens with one attached hydrogen (secondary N) is 1. The third-order valence-corrected chi connectivity index (χ3v) is 2.26. The molecule has 3 nitrogen and oxygen atoms in total. The summed E-state index contributed by atoms with van der Waals surface area (Å²) in [6, 6.07) is 4.90. The van der Waals surface area contributed by atoms with Crippen LogP contribution in [0.4, 0.5) is 4.39 Å². The smallest absolute Gasteiger partial charge is 0.260 e. The predicted molar refractivity (Wildman–Crippen MR) is 64.5 cm³/mol. The molecule has 1 amide bonds. The van der Waals surface area contributed by atoms with E-state index in [9.17, 15) is 9.18 Å². The molecule has 0 bridgehead atoms. The summed E-state index contributed by atoms with van der Waals surface area (Å²) in [6.45, 7) is 6.97. The molecule has 0 fully saturated rings. The molecule has 1 aromatic rings. The van der Waals surface area contributed by atoms with Crippen LogP contribution in [0.2, 0.25) is 0 Å². The number of ether oxygens (including phenoxy) is 1. The van der Waals surface area contributed by atoms with Gasteiger partial charge in [0.2, 0.25) is 0 Å². The first-order valence-electron chi connectivity index (χ1n) is 5.64. The minimum absolute atomic E-state index is 0.0379. The summed E-state index contributed by atoms with van der Waals surface area (Å²) in [5.41, 5.74) is 0.499. The zero-order valence-electron chi connectivity index (χ0n) is 10.6. The van der Waals surface area contributed by atoms with E-state index in [0.717, 1.165) is 0 Å². The summed E-state index contributed by atoms with van der Waals surface area (Å²) < 4.78 is 18.9. The quantitative estimate of drug-likeness (QED) is 0.876. The van der Waals surface area contributed by atoms with Gasteiger partial charge in [-0.1, -0.05) is 12.1 Å². The Bertz CT molecular complexity index is 404. The zero-order valence-corrected chi connectivity index (χ0v) is 10.6. The fourth-order valence-corrected chi connectivity index (χ4v) is 1.36. The third kappa shape index (κ3) is 3.73. The number of hydrogen-bond donors (Lipinski definition) is 1. The molecule has 0 aliphatic rings. The van der Waals surface area contributed by atoms with Gasteiger partial charge in [-0.3, -0.25) is 4.79 Å². The van der Waals surface area contributed by atoms with Crippen molar-refractivity contribution in [2.75, 3.05) is 0 Å². The van der Waals surface area contributed by atoms with Crippen molar-refractivity contribution in [3.8, 4) is 5.75 Å². The summed E-state index contributed by atoms with van der Waals surface area (Å²) in [4.78, 5) is 11.6. The van der Waals surface area contributed by atoms with Crippen molar-refractivity contribution < 1.29 is 13.9 Å². The molecule has 0 aliphatic heterocycles. The van der Waals surface area contributed by atoms with E-state index in [1.807, 2.05) is 13.8 Å². The summed E-state index contributed by atoms with van der Waals surface area (Å²) in [5.74, 6) is -0.561. The lowest BCUT2D eigenvalue weighted by Crippen LogP contribution is -2.40. The van der Waals surface area contributed by atoms with Gasteiger partial charge in [0.25, 0.3) is 5.91 Å². The van der Waals surface area contributed by atoms with Crippen molar-refractivity contribution in [2.45, 2.75) is 39.8 Å². The molecule has 4 heteroatoms. The largest absolute Gasteiger partial charge is 0.478 e. The van der Waals surface area contributed by atoms with E-state index >= 15 is 0 Å². The van der Waals surface area contributed by atoms with E-state index in [2.05, 4.69) is 5.32 Å². The first-order chi connectivity index (χ1) is 7.91. The summed E-state index contributed by atoms with van der Waals surface area (Å²) in [6.07, 6.45) is -0.714. The molecule has 1 N–H and O–H groups in total. The van der Waals surface area contributed by atoms with Crippen LogP contribution in [0.1, 0.15) is 26.3 Å². The van der Waals surface area contributed by atoms with Gasteiger partial charge in [0.1, 0.15) is 0 Å². The van der Waals surface area contributed by atoms with Gasteiger partial charge in [0.05, 0.1) is 0 Å². The lowest BCUT2D eigenvalue weighted by Gasteiger charge is -2.17. The molecular weight excluding hydrogens is 221 g/mol. The molecule has 0 aliphatic carbocycles. The summed E-state index contributed by atoms with van der Waals surface area (Å²) in [7, 11) is 0. The number of benzene rings is 1. The molecule has 1 aromatic carbocycles. The van der Waals surface area contributed by atoms with Gasteiger partial charge in [0, 0.05) is 6.04 Å². The molecule has 0 saturated heterocycles. The highest BCUT2D eigenvalue weighted by molar-refractivity contribution is 5.80. The number of aryl methyl sites for hydroxylation is 1. The second kappa shape index (κ2) is 5.66. The Kier molecular flexibility index (Phi) is 4.49. The van der Waals surface area contributed by atoms with Crippen LogP contribution >= 0.6 is 0 Å². The number of carbonyl (C=O) groups excluding carboxylic acids is 1. The van der Waals surface area contributed by atoms with Crippen LogP contribution in [-0.2, 0) is 4.79 Å². The van der Waals surface area contributed by atoms with Gasteiger partial charge in [0.15, 0.2) is 17.7 Å². The Hall–Kier alpha value is -1.58. The summed E-state index contributed by atoms with van der Waals surface area (Å²) >= 11 is 0. The Labute approximate surface area is 101 Å². The Balaban J connectivity index is 2.71. The number of halogens is 1. The molecule has 0 saturated carbocycles. The van der Waals surface area contributed by atoms with Crippen molar-refractivity contribution in [3.63, 3.8) is 0 Å². The van der Waals surface area contributed by atoms with Crippen LogP contribution in [0.3, 0.4) is 0 Å². The Morgan fingerprint density at radius 2 is 2.00 bits per heavy atom. The van der Waals surface area contributed by atoms with E-state index < -0.39 is 11.9 Å². The molecule has 0 radical (unpaired) electrons. The highest BCUT2D eigenvalue weighted by Gasteiger charge is 2.17. The lowest BCUT2D eigenvalue weighted by molar-refractivity contribution is -0.127. The van der Waals surface area contributed by atoms with E-state index in [-0.39, 0.29) is 17.7 Å². The van der Waals surface area contributed by atoms with Crippen LogP contribution in [0.25, 0.3) is 0 Å². The van der Waals surface area contributed by atoms with Crippen LogP contribution in [-0.4, -0.2) is 18.1 Å². The van der Waals surface area contributed by atoms with Gasteiger partial charge >= 0.3 is 0 Å². The highest BCUT2D eigenvalue weighted by atomic mass is 19.1. The molecule has 0 spiro atoms. The first kappa shape index (κ1) is 13.5. The summed E-state index contributed by atoms with van der Waals surface area (Å²) in [5, 5.41) is 2.71. The van der Waals surface area contributed by atoms with Gasteiger partial charge in [-0.15, -0.1) is 0 Å². The number of rotatable bonds is 4. The van der Waals surface area contributed by atoms with Crippen LogP contribution in [0.5, 0.6) is 5.75 Å². The molecule has 0 heterocycles. The van der Waals surface area contributed by atoms with E-state index in [0.29, 0.717) is 5.56 Å². The SMILES string of the molecule is Cc1cccc(OC(C)C(=O)NC(C)C)c1F. The lowest BCUT2D eigenvalue weighted by atomic mass is 10.2. The number of carbonyl (C=O) groups is 1. The van der Waals surface area contributed by atoms with Crippen LogP contribution in [0, 0.1) is 12.7 Å². The molecule has 94 valence electrons. The third-order valence-electron chi connectivity index (χ3n) is 2.26. The van der Waals surface area contributed by atoms with E-state index in [4.69, 9.17) is 4.74 Å².